The number of amides is 1. The maximum Gasteiger partial charge on any atom is 0.295 e. The van der Waals surface area contributed by atoms with Crippen molar-refractivity contribution < 1.29 is 14.6 Å². The van der Waals surface area contributed by atoms with Gasteiger partial charge in [0.1, 0.15) is 5.75 Å². The van der Waals surface area contributed by atoms with Crippen LogP contribution in [0.25, 0.3) is 10.9 Å². The number of aromatic amines is 1. The first-order chi connectivity index (χ1) is 11.1. The van der Waals surface area contributed by atoms with Gasteiger partial charge in [-0.25, -0.2) is 0 Å². The average Bonchev–Trinajstić information content (AvgIpc) is 2.87. The predicted octanol–water partition coefficient (Wildman–Crippen LogP) is 4.57. The Labute approximate surface area is 139 Å². The highest BCUT2D eigenvalue weighted by molar-refractivity contribution is 9.10. The van der Waals surface area contributed by atoms with Crippen LogP contribution in [0.15, 0.2) is 57.2 Å². The van der Waals surface area contributed by atoms with E-state index in [0.29, 0.717) is 22.2 Å². The van der Waals surface area contributed by atoms with Crippen LogP contribution in [0.5, 0.6) is 11.6 Å². The van der Waals surface area contributed by atoms with E-state index < -0.39 is 5.91 Å². The van der Waals surface area contributed by atoms with Gasteiger partial charge in [-0.2, -0.15) is 0 Å². The van der Waals surface area contributed by atoms with E-state index in [1.165, 1.54) is 7.11 Å². The topological polar surface area (TPSA) is 87.0 Å². The molecule has 0 atom stereocenters. The predicted molar refractivity (Wildman–Crippen MR) is 89.5 cm³/mol. The summed E-state index contributed by atoms with van der Waals surface area (Å²) in [5, 5.41) is 18.2. The summed E-state index contributed by atoms with van der Waals surface area (Å²) in [7, 11) is 1.52. The van der Waals surface area contributed by atoms with E-state index in [0.717, 1.165) is 4.47 Å². The molecule has 116 valence electrons. The van der Waals surface area contributed by atoms with E-state index in [1.807, 2.05) is 6.07 Å². The summed E-state index contributed by atoms with van der Waals surface area (Å²) in [6.07, 6.45) is 0. The molecule has 0 spiro atoms. The number of hydrogen-bond acceptors (Lipinski definition) is 4. The van der Waals surface area contributed by atoms with Crippen LogP contribution >= 0.6 is 15.9 Å². The standard InChI is InChI=1S/C16H12BrN3O3/c1-23-11-4-2-3-9(7-11)15(21)20-19-14-12-8-10(17)5-6-13(12)18-16(14)22/h2-8,18,22H,1H3. The Morgan fingerprint density at radius 2 is 2.09 bits per heavy atom. The maximum absolute atomic E-state index is 12.1. The first-order valence-electron chi connectivity index (χ1n) is 6.69. The van der Waals surface area contributed by atoms with E-state index in [-0.39, 0.29) is 11.6 Å². The number of carbonyl (C=O) groups is 1. The van der Waals surface area contributed by atoms with Crippen molar-refractivity contribution in [1.29, 1.82) is 0 Å². The van der Waals surface area contributed by atoms with Crippen molar-refractivity contribution in [3.05, 3.63) is 52.5 Å². The Morgan fingerprint density at radius 3 is 2.87 bits per heavy atom. The van der Waals surface area contributed by atoms with Crippen molar-refractivity contribution in [1.82, 2.24) is 4.98 Å². The summed E-state index contributed by atoms with van der Waals surface area (Å²) in [5.41, 5.74) is 1.28. The number of ether oxygens (including phenoxy) is 1. The second-order valence-electron chi connectivity index (χ2n) is 4.75. The molecule has 2 N–H and O–H groups in total. The molecule has 0 radical (unpaired) electrons. The number of aromatic hydroxyl groups is 1. The van der Waals surface area contributed by atoms with Gasteiger partial charge < -0.3 is 14.8 Å². The zero-order valence-electron chi connectivity index (χ0n) is 12.1. The number of nitrogens with zero attached hydrogens (tertiary/aromatic N) is 2. The van der Waals surface area contributed by atoms with E-state index in [9.17, 15) is 9.90 Å². The second-order valence-corrected chi connectivity index (χ2v) is 5.66. The Hall–Kier alpha value is -2.67. The summed E-state index contributed by atoms with van der Waals surface area (Å²) in [4.78, 5) is 14.9. The van der Waals surface area contributed by atoms with E-state index in [1.54, 1.807) is 36.4 Å². The van der Waals surface area contributed by atoms with Crippen LogP contribution in [0.1, 0.15) is 10.4 Å². The minimum atomic E-state index is -0.521. The SMILES string of the molecule is COc1cccc(C(=O)N=Nc2c(O)[nH]c3ccc(Br)cc23)c1. The molecular weight excluding hydrogens is 362 g/mol. The maximum atomic E-state index is 12.1. The number of methoxy groups -OCH3 is 1. The average molecular weight is 374 g/mol. The molecule has 3 aromatic rings. The summed E-state index contributed by atoms with van der Waals surface area (Å²) >= 11 is 3.36. The minimum absolute atomic E-state index is 0.139. The van der Waals surface area contributed by atoms with Gasteiger partial charge in [-0.3, -0.25) is 4.79 Å². The third-order valence-corrected chi connectivity index (χ3v) is 3.76. The van der Waals surface area contributed by atoms with Gasteiger partial charge in [-0.1, -0.05) is 22.0 Å². The number of carbonyl (C=O) groups excluding carboxylic acids is 1. The first kappa shape index (κ1) is 15.2. The molecule has 1 amide bonds. The molecule has 0 aliphatic heterocycles. The Balaban J connectivity index is 1.94. The van der Waals surface area contributed by atoms with Crippen molar-refractivity contribution in [2.45, 2.75) is 0 Å². The molecule has 0 aliphatic carbocycles. The molecule has 0 saturated heterocycles. The number of nitrogens with one attached hydrogen (secondary N) is 1. The smallest absolute Gasteiger partial charge is 0.295 e. The number of rotatable bonds is 3. The van der Waals surface area contributed by atoms with Gasteiger partial charge in [0.05, 0.1) is 12.6 Å². The van der Waals surface area contributed by atoms with Crippen LogP contribution in [0.4, 0.5) is 5.69 Å². The molecule has 0 aliphatic rings. The molecule has 23 heavy (non-hydrogen) atoms. The Bertz CT molecular complexity index is 918. The van der Waals surface area contributed by atoms with Crippen LogP contribution in [0, 0.1) is 0 Å². The summed E-state index contributed by atoms with van der Waals surface area (Å²) in [5.74, 6) is -0.0992. The molecule has 0 saturated carbocycles. The molecule has 6 nitrogen and oxygen atoms in total. The highest BCUT2D eigenvalue weighted by Gasteiger charge is 2.12. The minimum Gasteiger partial charge on any atom is -0.497 e. The highest BCUT2D eigenvalue weighted by atomic mass is 79.9. The lowest BCUT2D eigenvalue weighted by molar-refractivity contribution is 0.0994. The molecule has 1 heterocycles. The number of aromatic nitrogens is 1. The molecule has 0 fully saturated rings. The summed E-state index contributed by atoms with van der Waals surface area (Å²) in [6, 6.07) is 12.0. The van der Waals surface area contributed by atoms with E-state index in [4.69, 9.17) is 4.74 Å². The zero-order chi connectivity index (χ0) is 16.4. The number of fused-ring (bicyclic) bond motifs is 1. The lowest BCUT2D eigenvalue weighted by Crippen LogP contribution is -1.94. The lowest BCUT2D eigenvalue weighted by Gasteiger charge is -2.00. The fourth-order valence-corrected chi connectivity index (χ4v) is 2.51. The third-order valence-electron chi connectivity index (χ3n) is 3.27. The van der Waals surface area contributed by atoms with E-state index >= 15 is 0 Å². The van der Waals surface area contributed by atoms with Gasteiger partial charge in [0.15, 0.2) is 5.69 Å². The molecule has 0 bridgehead atoms. The Kier molecular flexibility index (Phi) is 4.12. The fourth-order valence-electron chi connectivity index (χ4n) is 2.15. The van der Waals surface area contributed by atoms with Crippen molar-refractivity contribution in [2.24, 2.45) is 10.2 Å². The van der Waals surface area contributed by atoms with Gasteiger partial charge in [0.2, 0.25) is 5.88 Å². The van der Waals surface area contributed by atoms with Crippen molar-refractivity contribution >= 4 is 38.4 Å². The van der Waals surface area contributed by atoms with Gasteiger partial charge >= 0.3 is 0 Å². The first-order valence-corrected chi connectivity index (χ1v) is 7.48. The van der Waals surface area contributed by atoms with Crippen LogP contribution in [-0.4, -0.2) is 23.1 Å². The molecule has 0 unspecified atom stereocenters. The quantitative estimate of drug-likeness (QED) is 0.659. The summed E-state index contributed by atoms with van der Waals surface area (Å²) < 4.78 is 5.90. The molecular formula is C16H12BrN3O3. The van der Waals surface area contributed by atoms with Gasteiger partial charge in [0.25, 0.3) is 5.91 Å². The van der Waals surface area contributed by atoms with Gasteiger partial charge in [0, 0.05) is 15.4 Å². The number of benzene rings is 2. The zero-order valence-corrected chi connectivity index (χ0v) is 13.7. The van der Waals surface area contributed by atoms with Crippen LogP contribution in [-0.2, 0) is 0 Å². The van der Waals surface area contributed by atoms with Crippen LogP contribution in [0.2, 0.25) is 0 Å². The Morgan fingerprint density at radius 1 is 1.26 bits per heavy atom. The normalized spacial score (nSPS) is 11.2. The van der Waals surface area contributed by atoms with Crippen LogP contribution in [0.3, 0.4) is 0 Å². The van der Waals surface area contributed by atoms with Crippen molar-refractivity contribution in [3.8, 4) is 11.6 Å². The van der Waals surface area contributed by atoms with E-state index in [2.05, 4.69) is 31.1 Å². The highest BCUT2D eigenvalue weighted by Crippen LogP contribution is 2.36. The van der Waals surface area contributed by atoms with Crippen molar-refractivity contribution in [3.63, 3.8) is 0 Å². The number of H-pyrrole nitrogens is 1. The van der Waals surface area contributed by atoms with Crippen molar-refractivity contribution in [2.75, 3.05) is 7.11 Å². The molecule has 1 aromatic heterocycles. The lowest BCUT2D eigenvalue weighted by atomic mass is 10.2. The fraction of sp³-hybridized carbons (Fsp3) is 0.0625. The van der Waals surface area contributed by atoms with Gasteiger partial charge in [-0.05, 0) is 36.4 Å². The summed E-state index contributed by atoms with van der Waals surface area (Å²) in [6.45, 7) is 0. The van der Waals surface area contributed by atoms with Gasteiger partial charge in [-0.15, -0.1) is 10.2 Å². The van der Waals surface area contributed by atoms with Crippen LogP contribution < -0.4 is 4.74 Å². The third kappa shape index (κ3) is 3.09. The number of hydrogen-bond donors (Lipinski definition) is 2. The number of azo groups is 1. The molecule has 2 aromatic carbocycles. The number of halogens is 1. The second kappa shape index (κ2) is 6.21. The largest absolute Gasteiger partial charge is 0.497 e. The monoisotopic (exact) mass is 373 g/mol. The molecule has 3 rings (SSSR count). The molecule has 7 heteroatoms.